The van der Waals surface area contributed by atoms with Gasteiger partial charge in [-0.3, -0.25) is 9.59 Å². The quantitative estimate of drug-likeness (QED) is 0.361. The van der Waals surface area contributed by atoms with Crippen LogP contribution in [0.1, 0.15) is 19.8 Å². The summed E-state index contributed by atoms with van der Waals surface area (Å²) in [5.41, 5.74) is 9.89. The molecule has 0 unspecified atom stereocenters. The maximum Gasteiger partial charge on any atom is 0.451 e. The van der Waals surface area contributed by atoms with Crippen LogP contribution in [0, 0.1) is 5.92 Å². The first-order chi connectivity index (χ1) is 9.15. The second-order valence-electron chi connectivity index (χ2n) is 5.60. The normalized spacial score (nSPS) is 28.1. The van der Waals surface area contributed by atoms with Crippen molar-refractivity contribution in [3.05, 3.63) is 0 Å². The van der Waals surface area contributed by atoms with E-state index in [1.165, 1.54) is 11.8 Å². The van der Waals surface area contributed by atoms with Crippen LogP contribution in [0.4, 0.5) is 0 Å². The molecule has 0 aromatic carbocycles. The molecule has 0 aromatic rings. The predicted octanol–water partition coefficient (Wildman–Crippen LogP) is -2.17. The summed E-state index contributed by atoms with van der Waals surface area (Å²) in [5.74, 6) is -1.72. The standard InChI is InChI=1S/C11H22BN3O5/c1-7(13)9(16)15-5-8(2-3-12(19)20)4-11(14,6-15)10(17)18/h7-8,19-20H,2-6,13-14H2,1H3,(H,17,18)/t7-,8+,11-/m1/s1. The fourth-order valence-electron chi connectivity index (χ4n) is 2.55. The fourth-order valence-corrected chi connectivity index (χ4v) is 2.55. The predicted molar refractivity (Wildman–Crippen MR) is 72.5 cm³/mol. The van der Waals surface area contributed by atoms with Crippen molar-refractivity contribution in [2.45, 2.75) is 37.7 Å². The van der Waals surface area contributed by atoms with Gasteiger partial charge in [-0.2, -0.15) is 0 Å². The van der Waals surface area contributed by atoms with Gasteiger partial charge in [0.25, 0.3) is 0 Å². The van der Waals surface area contributed by atoms with Crippen LogP contribution in [0.15, 0.2) is 0 Å². The minimum absolute atomic E-state index is 0.0825. The van der Waals surface area contributed by atoms with Crippen molar-refractivity contribution in [3.8, 4) is 0 Å². The average Bonchev–Trinajstić information content (AvgIpc) is 2.34. The first-order valence-corrected chi connectivity index (χ1v) is 6.58. The summed E-state index contributed by atoms with van der Waals surface area (Å²) in [7, 11) is -1.45. The Morgan fingerprint density at radius 3 is 2.55 bits per heavy atom. The van der Waals surface area contributed by atoms with Gasteiger partial charge in [0.05, 0.1) is 6.04 Å². The molecule has 3 atom stereocenters. The monoisotopic (exact) mass is 287 g/mol. The molecule has 1 aliphatic rings. The zero-order valence-electron chi connectivity index (χ0n) is 11.5. The summed E-state index contributed by atoms with van der Waals surface area (Å²) < 4.78 is 0. The third-order valence-electron chi connectivity index (χ3n) is 3.56. The number of carbonyl (C=O) groups is 2. The molecule has 20 heavy (non-hydrogen) atoms. The van der Waals surface area contributed by atoms with Gasteiger partial charge in [-0.05, 0) is 25.6 Å². The number of likely N-dealkylation sites (tertiary alicyclic amines) is 1. The lowest BCUT2D eigenvalue weighted by molar-refractivity contribution is -0.149. The molecule has 0 spiro atoms. The summed E-state index contributed by atoms with van der Waals surface area (Å²) in [5, 5.41) is 27.0. The van der Waals surface area contributed by atoms with Gasteiger partial charge in [0.2, 0.25) is 5.91 Å². The number of hydrogen-bond acceptors (Lipinski definition) is 6. The van der Waals surface area contributed by atoms with Crippen LogP contribution in [0.3, 0.4) is 0 Å². The van der Waals surface area contributed by atoms with E-state index in [1.54, 1.807) is 0 Å². The number of piperidine rings is 1. The Morgan fingerprint density at radius 2 is 2.10 bits per heavy atom. The highest BCUT2D eigenvalue weighted by atomic mass is 16.4. The van der Waals surface area contributed by atoms with Crippen LogP contribution in [-0.2, 0) is 9.59 Å². The van der Waals surface area contributed by atoms with Crippen LogP contribution in [0.5, 0.6) is 0 Å². The number of carboxylic acids is 1. The zero-order valence-corrected chi connectivity index (χ0v) is 11.5. The van der Waals surface area contributed by atoms with Gasteiger partial charge < -0.3 is 31.5 Å². The molecule has 1 heterocycles. The van der Waals surface area contributed by atoms with E-state index in [0.29, 0.717) is 13.0 Å². The number of nitrogens with two attached hydrogens (primary N) is 2. The van der Waals surface area contributed by atoms with Gasteiger partial charge in [-0.15, -0.1) is 0 Å². The van der Waals surface area contributed by atoms with Crippen molar-refractivity contribution in [3.63, 3.8) is 0 Å². The van der Waals surface area contributed by atoms with Gasteiger partial charge in [-0.1, -0.05) is 6.42 Å². The summed E-state index contributed by atoms with van der Waals surface area (Å²) in [6.45, 7) is 1.78. The van der Waals surface area contributed by atoms with E-state index in [1.807, 2.05) is 0 Å². The second-order valence-corrected chi connectivity index (χ2v) is 5.60. The number of amides is 1. The maximum atomic E-state index is 11.9. The van der Waals surface area contributed by atoms with Crippen molar-refractivity contribution >= 4 is 19.0 Å². The van der Waals surface area contributed by atoms with Crippen LogP contribution >= 0.6 is 0 Å². The number of nitrogens with zero attached hydrogens (tertiary/aromatic N) is 1. The molecule has 1 saturated heterocycles. The Labute approximate surface area is 117 Å². The first kappa shape index (κ1) is 16.9. The van der Waals surface area contributed by atoms with Crippen molar-refractivity contribution in [1.29, 1.82) is 0 Å². The maximum absolute atomic E-state index is 11.9. The lowest BCUT2D eigenvalue weighted by atomic mass is 9.75. The molecule has 8 nitrogen and oxygen atoms in total. The zero-order chi connectivity index (χ0) is 15.5. The van der Waals surface area contributed by atoms with Crippen LogP contribution < -0.4 is 11.5 Å². The molecule has 1 rings (SSSR count). The smallest absolute Gasteiger partial charge is 0.451 e. The van der Waals surface area contributed by atoms with Crippen molar-refractivity contribution in [2.24, 2.45) is 17.4 Å². The Kier molecular flexibility index (Phi) is 5.52. The minimum atomic E-state index is -1.52. The molecular formula is C11H22BN3O5. The van der Waals surface area contributed by atoms with E-state index in [4.69, 9.17) is 21.5 Å². The van der Waals surface area contributed by atoms with Crippen molar-refractivity contribution in [1.82, 2.24) is 4.90 Å². The average molecular weight is 287 g/mol. The van der Waals surface area contributed by atoms with Crippen LogP contribution in [0.25, 0.3) is 0 Å². The summed E-state index contributed by atoms with van der Waals surface area (Å²) in [6, 6.07) is -0.727. The van der Waals surface area contributed by atoms with Gasteiger partial charge >= 0.3 is 13.1 Å². The lowest BCUT2D eigenvalue weighted by Gasteiger charge is -2.42. The van der Waals surface area contributed by atoms with E-state index in [9.17, 15) is 14.7 Å². The Bertz CT molecular complexity index is 379. The molecule has 1 fully saturated rings. The largest absolute Gasteiger partial charge is 0.480 e. The van der Waals surface area contributed by atoms with E-state index in [2.05, 4.69) is 0 Å². The van der Waals surface area contributed by atoms with Crippen molar-refractivity contribution in [2.75, 3.05) is 13.1 Å². The van der Waals surface area contributed by atoms with Gasteiger partial charge in [0, 0.05) is 13.1 Å². The van der Waals surface area contributed by atoms with Gasteiger partial charge in [0.1, 0.15) is 5.54 Å². The molecule has 7 N–H and O–H groups in total. The SMILES string of the molecule is C[C@@H](N)C(=O)N1C[C@@H](CCB(O)O)C[C@](N)(C(=O)O)C1. The molecule has 114 valence electrons. The van der Waals surface area contributed by atoms with E-state index in [0.717, 1.165) is 0 Å². The third-order valence-corrected chi connectivity index (χ3v) is 3.56. The van der Waals surface area contributed by atoms with Gasteiger partial charge in [0.15, 0.2) is 0 Å². The molecule has 1 aliphatic heterocycles. The molecule has 0 aliphatic carbocycles. The van der Waals surface area contributed by atoms with Gasteiger partial charge in [-0.25, -0.2) is 0 Å². The van der Waals surface area contributed by atoms with Crippen molar-refractivity contribution < 1.29 is 24.7 Å². The molecule has 1 amide bonds. The number of carboxylic acid groups (broad SMARTS) is 1. The topological polar surface area (TPSA) is 150 Å². The van der Waals surface area contributed by atoms with Crippen LogP contribution in [0.2, 0.25) is 6.32 Å². The number of aliphatic carboxylic acids is 1. The second kappa shape index (κ2) is 6.53. The van der Waals surface area contributed by atoms with E-state index >= 15 is 0 Å². The number of rotatable bonds is 5. The minimum Gasteiger partial charge on any atom is -0.480 e. The summed E-state index contributed by atoms with van der Waals surface area (Å²) in [6.07, 6.45) is 0.686. The molecular weight excluding hydrogens is 265 g/mol. The van der Waals surface area contributed by atoms with E-state index in [-0.39, 0.29) is 31.1 Å². The van der Waals surface area contributed by atoms with Crippen LogP contribution in [-0.4, -0.2) is 63.7 Å². The molecule has 0 saturated carbocycles. The summed E-state index contributed by atoms with van der Waals surface area (Å²) >= 11 is 0. The molecule has 0 radical (unpaired) electrons. The molecule has 0 aromatic heterocycles. The lowest BCUT2D eigenvalue weighted by Crippen LogP contribution is -2.64. The fraction of sp³-hybridized carbons (Fsp3) is 0.818. The molecule has 0 bridgehead atoms. The third kappa shape index (κ3) is 4.17. The Morgan fingerprint density at radius 1 is 1.50 bits per heavy atom. The Hall–Kier alpha value is -1.16. The Balaban J connectivity index is 2.83. The highest BCUT2D eigenvalue weighted by Gasteiger charge is 2.44. The van der Waals surface area contributed by atoms with E-state index < -0.39 is 24.7 Å². The number of hydrogen-bond donors (Lipinski definition) is 5. The number of carbonyl (C=O) groups excluding carboxylic acids is 1. The first-order valence-electron chi connectivity index (χ1n) is 6.58. The highest BCUT2D eigenvalue weighted by molar-refractivity contribution is 6.40. The highest BCUT2D eigenvalue weighted by Crippen LogP contribution is 2.28. The summed E-state index contributed by atoms with van der Waals surface area (Å²) in [4.78, 5) is 24.6. The molecule has 9 heteroatoms.